The van der Waals surface area contributed by atoms with Gasteiger partial charge in [0, 0.05) is 29.4 Å². The minimum Gasteiger partial charge on any atom is -0.355 e. The molecule has 0 saturated carbocycles. The maximum Gasteiger partial charge on any atom is 0.227 e. The number of aromatic amines is 1. The Kier molecular flexibility index (Phi) is 8.40. The first-order chi connectivity index (χ1) is 21.3. The highest BCUT2D eigenvalue weighted by Gasteiger charge is 2.35. The van der Waals surface area contributed by atoms with E-state index in [1.165, 1.54) is 24.3 Å². The summed E-state index contributed by atoms with van der Waals surface area (Å²) in [6.07, 6.45) is 1.09. The normalized spacial score (nSPS) is 18.1. The van der Waals surface area contributed by atoms with Crippen molar-refractivity contribution in [2.24, 2.45) is 5.41 Å². The van der Waals surface area contributed by atoms with Crippen LogP contribution in [0.4, 0.5) is 20.4 Å². The number of H-pyrrole nitrogens is 1. The largest absolute Gasteiger partial charge is 0.355 e. The zero-order valence-electron chi connectivity index (χ0n) is 23.9. The SMILES string of the molecule is CC1(CNC(=O)Cc2ccccc2)COC(c2nc(-c3ccc(F)cc3)c(-c3ccnc(Nc4ccc(F)cc4)n3)[nH]2)OC1. The Bertz CT molecular complexity index is 1720. The number of rotatable bonds is 9. The molecule has 1 fully saturated rings. The van der Waals surface area contributed by atoms with E-state index in [9.17, 15) is 13.6 Å². The van der Waals surface area contributed by atoms with Gasteiger partial charge in [0.1, 0.15) is 11.6 Å². The molecule has 0 spiro atoms. The van der Waals surface area contributed by atoms with Gasteiger partial charge in [-0.3, -0.25) is 4.79 Å². The molecular formula is C33H30F2N6O3. The molecule has 0 aliphatic carbocycles. The van der Waals surface area contributed by atoms with Crippen molar-refractivity contribution < 1.29 is 23.0 Å². The van der Waals surface area contributed by atoms with Crippen LogP contribution >= 0.6 is 0 Å². The molecule has 11 heteroatoms. The maximum atomic E-state index is 13.8. The molecule has 1 aliphatic rings. The third-order valence-electron chi connectivity index (χ3n) is 7.16. The van der Waals surface area contributed by atoms with E-state index < -0.39 is 11.7 Å². The Hall–Kier alpha value is -5.00. The van der Waals surface area contributed by atoms with Crippen LogP contribution in [0.15, 0.2) is 91.1 Å². The lowest BCUT2D eigenvalue weighted by Crippen LogP contribution is -2.45. The number of anilines is 2. The molecule has 44 heavy (non-hydrogen) atoms. The summed E-state index contributed by atoms with van der Waals surface area (Å²) in [6.45, 7) is 3.02. The fraction of sp³-hybridized carbons (Fsp3) is 0.212. The van der Waals surface area contributed by atoms with Gasteiger partial charge >= 0.3 is 0 Å². The smallest absolute Gasteiger partial charge is 0.227 e. The Morgan fingerprint density at radius 2 is 1.61 bits per heavy atom. The van der Waals surface area contributed by atoms with E-state index in [1.807, 2.05) is 37.3 Å². The van der Waals surface area contributed by atoms with Gasteiger partial charge in [0.2, 0.25) is 18.1 Å². The van der Waals surface area contributed by atoms with Crippen LogP contribution in [0.25, 0.3) is 22.6 Å². The summed E-state index contributed by atoms with van der Waals surface area (Å²) < 4.78 is 39.3. The third kappa shape index (κ3) is 6.96. The van der Waals surface area contributed by atoms with Gasteiger partial charge in [-0.25, -0.2) is 23.7 Å². The first-order valence-corrected chi connectivity index (χ1v) is 14.1. The van der Waals surface area contributed by atoms with E-state index in [1.54, 1.807) is 36.5 Å². The molecule has 0 radical (unpaired) electrons. The highest BCUT2D eigenvalue weighted by molar-refractivity contribution is 5.78. The number of halogens is 2. The van der Waals surface area contributed by atoms with Crippen LogP contribution in [-0.4, -0.2) is 45.6 Å². The van der Waals surface area contributed by atoms with Gasteiger partial charge in [0.15, 0.2) is 5.82 Å². The number of carbonyl (C=O) groups excluding carboxylic acids is 1. The first-order valence-electron chi connectivity index (χ1n) is 14.1. The summed E-state index contributed by atoms with van der Waals surface area (Å²) >= 11 is 0. The lowest BCUT2D eigenvalue weighted by molar-refractivity contribution is -0.232. The molecule has 3 N–H and O–H groups in total. The summed E-state index contributed by atoms with van der Waals surface area (Å²) in [5.41, 5.74) is 3.40. The van der Waals surface area contributed by atoms with Crippen molar-refractivity contribution in [3.63, 3.8) is 0 Å². The van der Waals surface area contributed by atoms with Crippen molar-refractivity contribution >= 4 is 17.5 Å². The minimum absolute atomic E-state index is 0.0719. The van der Waals surface area contributed by atoms with Gasteiger partial charge in [-0.1, -0.05) is 37.3 Å². The Balaban J connectivity index is 1.19. The number of hydrogen-bond donors (Lipinski definition) is 3. The summed E-state index contributed by atoms with van der Waals surface area (Å²) in [5, 5.41) is 6.06. The van der Waals surface area contributed by atoms with E-state index in [2.05, 4.69) is 25.6 Å². The fourth-order valence-electron chi connectivity index (χ4n) is 4.78. The van der Waals surface area contributed by atoms with Crippen molar-refractivity contribution in [3.05, 3.63) is 114 Å². The second-order valence-electron chi connectivity index (χ2n) is 11.0. The van der Waals surface area contributed by atoms with E-state index in [0.29, 0.717) is 66.3 Å². The molecule has 5 aromatic rings. The molecule has 1 amide bonds. The topological polar surface area (TPSA) is 114 Å². The summed E-state index contributed by atoms with van der Waals surface area (Å²) in [4.78, 5) is 29.5. The van der Waals surface area contributed by atoms with Crippen LogP contribution in [0.1, 0.15) is 24.6 Å². The van der Waals surface area contributed by atoms with Crippen molar-refractivity contribution in [1.29, 1.82) is 0 Å². The van der Waals surface area contributed by atoms with E-state index in [0.717, 1.165) is 5.56 Å². The fourth-order valence-corrected chi connectivity index (χ4v) is 4.78. The predicted octanol–water partition coefficient (Wildman–Crippen LogP) is 5.97. The van der Waals surface area contributed by atoms with Gasteiger partial charge in [0.05, 0.1) is 36.7 Å². The highest BCUT2D eigenvalue weighted by atomic mass is 19.1. The Morgan fingerprint density at radius 3 is 2.32 bits per heavy atom. The van der Waals surface area contributed by atoms with Crippen molar-refractivity contribution in [2.45, 2.75) is 19.6 Å². The van der Waals surface area contributed by atoms with Gasteiger partial charge in [-0.2, -0.15) is 0 Å². The van der Waals surface area contributed by atoms with Crippen molar-refractivity contribution in [1.82, 2.24) is 25.3 Å². The standard InChI is InChI=1S/C33H30F2N6O3/c1-33(18-37-27(42)17-21-5-3-2-4-6-21)19-43-31(44-20-33)30-40-28(22-7-9-23(34)10-8-22)29(41-30)26-15-16-36-32(39-26)38-25-13-11-24(35)12-14-25/h2-16,31H,17-20H2,1H3,(H,37,42)(H,40,41)(H,36,38,39). The molecule has 1 aliphatic heterocycles. The molecular weight excluding hydrogens is 566 g/mol. The van der Waals surface area contributed by atoms with Crippen molar-refractivity contribution in [3.8, 4) is 22.6 Å². The average molecular weight is 597 g/mol. The summed E-state index contributed by atoms with van der Waals surface area (Å²) in [6, 6.07) is 23.1. The number of imidazole rings is 1. The van der Waals surface area contributed by atoms with Crippen LogP contribution < -0.4 is 10.6 Å². The van der Waals surface area contributed by atoms with Crippen LogP contribution in [0.3, 0.4) is 0 Å². The quantitative estimate of drug-likeness (QED) is 0.192. The molecule has 0 bridgehead atoms. The summed E-state index contributed by atoms with van der Waals surface area (Å²) in [5.74, 6) is -0.0728. The van der Waals surface area contributed by atoms with Crippen LogP contribution in [0.5, 0.6) is 0 Å². The molecule has 1 saturated heterocycles. The number of aromatic nitrogens is 4. The van der Waals surface area contributed by atoms with Crippen LogP contribution in [0.2, 0.25) is 0 Å². The molecule has 2 aromatic heterocycles. The Morgan fingerprint density at radius 1 is 0.932 bits per heavy atom. The number of nitrogens with one attached hydrogen (secondary N) is 3. The summed E-state index contributed by atoms with van der Waals surface area (Å²) in [7, 11) is 0. The number of amides is 1. The van der Waals surface area contributed by atoms with Crippen LogP contribution in [-0.2, 0) is 20.7 Å². The number of nitrogens with zero attached hydrogens (tertiary/aromatic N) is 3. The van der Waals surface area contributed by atoms with E-state index in [-0.39, 0.29) is 17.5 Å². The minimum atomic E-state index is -0.797. The molecule has 3 heterocycles. The van der Waals surface area contributed by atoms with Gasteiger partial charge < -0.3 is 25.1 Å². The molecule has 0 unspecified atom stereocenters. The molecule has 3 aromatic carbocycles. The number of hydrogen-bond acceptors (Lipinski definition) is 7. The molecule has 0 atom stereocenters. The number of benzene rings is 3. The van der Waals surface area contributed by atoms with E-state index in [4.69, 9.17) is 14.5 Å². The highest BCUT2D eigenvalue weighted by Crippen LogP contribution is 2.35. The Labute approximate surface area is 252 Å². The average Bonchev–Trinajstić information content (AvgIpc) is 3.48. The lowest BCUT2D eigenvalue weighted by Gasteiger charge is -2.36. The number of ether oxygens (including phenoxy) is 2. The van der Waals surface area contributed by atoms with Crippen LogP contribution in [0, 0.1) is 17.0 Å². The monoisotopic (exact) mass is 596 g/mol. The first kappa shape index (κ1) is 29.1. The van der Waals surface area contributed by atoms with Gasteiger partial charge in [-0.05, 0) is 60.2 Å². The third-order valence-corrected chi connectivity index (χ3v) is 7.16. The molecule has 224 valence electrons. The second kappa shape index (κ2) is 12.7. The lowest BCUT2D eigenvalue weighted by atomic mass is 9.92. The van der Waals surface area contributed by atoms with Crippen molar-refractivity contribution in [2.75, 3.05) is 25.1 Å². The molecule has 9 nitrogen and oxygen atoms in total. The maximum absolute atomic E-state index is 13.8. The predicted molar refractivity (Wildman–Crippen MR) is 161 cm³/mol. The number of carbonyl (C=O) groups is 1. The second-order valence-corrected chi connectivity index (χ2v) is 11.0. The van der Waals surface area contributed by atoms with Gasteiger partial charge in [-0.15, -0.1) is 0 Å². The zero-order valence-corrected chi connectivity index (χ0v) is 23.9. The zero-order chi connectivity index (χ0) is 30.5. The molecule has 6 rings (SSSR count). The van der Waals surface area contributed by atoms with Gasteiger partial charge in [0.25, 0.3) is 0 Å². The van der Waals surface area contributed by atoms with E-state index >= 15 is 0 Å².